The van der Waals surface area contributed by atoms with Crippen molar-refractivity contribution in [3.8, 4) is 0 Å². The van der Waals surface area contributed by atoms with Crippen molar-refractivity contribution >= 4 is 11.8 Å². The number of hydrogen-bond donors (Lipinski definition) is 0. The Labute approximate surface area is 141 Å². The van der Waals surface area contributed by atoms with Gasteiger partial charge < -0.3 is 9.80 Å². The zero-order valence-corrected chi connectivity index (χ0v) is 15.6. The van der Waals surface area contributed by atoms with Crippen LogP contribution < -0.4 is 4.90 Å². The van der Waals surface area contributed by atoms with Crippen molar-refractivity contribution in [2.75, 3.05) is 45.2 Å². The van der Waals surface area contributed by atoms with Crippen LogP contribution in [0, 0.1) is 13.8 Å². The number of anilines is 1. The van der Waals surface area contributed by atoms with Gasteiger partial charge in [0.2, 0.25) is 0 Å². The summed E-state index contributed by atoms with van der Waals surface area (Å²) in [6, 6.07) is 4.00. The van der Waals surface area contributed by atoms with Crippen LogP contribution in [-0.2, 0) is 0 Å². The van der Waals surface area contributed by atoms with Gasteiger partial charge in [-0.15, -0.1) is 0 Å². The molecule has 0 aliphatic heterocycles. The van der Waals surface area contributed by atoms with Gasteiger partial charge in [-0.3, -0.25) is 4.90 Å². The molecule has 0 fully saturated rings. The first kappa shape index (κ1) is 19.4. The third-order valence-electron chi connectivity index (χ3n) is 3.69. The molecule has 0 aliphatic carbocycles. The molecule has 0 unspecified atom stereocenters. The maximum atomic E-state index is 12.6. The van der Waals surface area contributed by atoms with Crippen LogP contribution in [0.5, 0.6) is 0 Å². The minimum atomic E-state index is -0.0181. The predicted molar refractivity (Wildman–Crippen MR) is 97.2 cm³/mol. The zero-order chi connectivity index (χ0) is 17.4. The summed E-state index contributed by atoms with van der Waals surface area (Å²) in [5.74, 6) is 0.745. The molecule has 0 aromatic carbocycles. The standard InChI is InChI=1S/C18H32N4O/c1-7-9-21(10-8-2)11-12-22(18(23)20(5)6)17-14-15(3)13-16(4)19-17/h13-14H,7-12H2,1-6H3. The molecule has 5 heteroatoms. The lowest BCUT2D eigenvalue weighted by Gasteiger charge is -2.29. The van der Waals surface area contributed by atoms with E-state index in [9.17, 15) is 4.79 Å². The second kappa shape index (κ2) is 9.50. The maximum Gasteiger partial charge on any atom is 0.325 e. The van der Waals surface area contributed by atoms with Crippen LogP contribution >= 0.6 is 0 Å². The Balaban J connectivity index is 2.94. The first-order chi connectivity index (χ1) is 10.9. The van der Waals surface area contributed by atoms with Crippen LogP contribution in [0.1, 0.15) is 37.9 Å². The highest BCUT2D eigenvalue weighted by Crippen LogP contribution is 2.16. The van der Waals surface area contributed by atoms with Crippen molar-refractivity contribution in [2.45, 2.75) is 40.5 Å². The van der Waals surface area contributed by atoms with E-state index in [4.69, 9.17) is 0 Å². The highest BCUT2D eigenvalue weighted by Gasteiger charge is 2.20. The second-order valence-corrected chi connectivity index (χ2v) is 6.31. The monoisotopic (exact) mass is 320 g/mol. The summed E-state index contributed by atoms with van der Waals surface area (Å²) in [4.78, 5) is 23.0. The summed E-state index contributed by atoms with van der Waals surface area (Å²) in [6.07, 6.45) is 2.26. The van der Waals surface area contributed by atoms with Gasteiger partial charge in [-0.1, -0.05) is 13.8 Å². The average molecular weight is 320 g/mol. The predicted octanol–water partition coefficient (Wildman–Crippen LogP) is 3.31. The fraction of sp³-hybridized carbons (Fsp3) is 0.667. The number of nitrogens with zero attached hydrogens (tertiary/aromatic N) is 4. The van der Waals surface area contributed by atoms with Crippen LogP contribution in [-0.4, -0.2) is 61.1 Å². The molecule has 5 nitrogen and oxygen atoms in total. The van der Waals surface area contributed by atoms with Crippen molar-refractivity contribution in [3.63, 3.8) is 0 Å². The molecule has 0 spiro atoms. The summed E-state index contributed by atoms with van der Waals surface area (Å²) in [6.45, 7) is 12.1. The van der Waals surface area contributed by atoms with E-state index in [-0.39, 0.29) is 6.03 Å². The molecule has 1 aromatic rings. The van der Waals surface area contributed by atoms with Crippen molar-refractivity contribution in [1.82, 2.24) is 14.8 Å². The van der Waals surface area contributed by atoms with Crippen molar-refractivity contribution in [1.29, 1.82) is 0 Å². The van der Waals surface area contributed by atoms with Crippen molar-refractivity contribution < 1.29 is 4.79 Å². The Morgan fingerprint density at radius 3 is 2.09 bits per heavy atom. The zero-order valence-electron chi connectivity index (χ0n) is 15.6. The van der Waals surface area contributed by atoms with Crippen LogP contribution in [0.3, 0.4) is 0 Å². The minimum Gasteiger partial charge on any atom is -0.330 e. The second-order valence-electron chi connectivity index (χ2n) is 6.31. The normalized spacial score (nSPS) is 10.9. The summed E-state index contributed by atoms with van der Waals surface area (Å²) in [5, 5.41) is 0. The molecule has 0 radical (unpaired) electrons. The number of rotatable bonds is 8. The van der Waals surface area contributed by atoms with E-state index >= 15 is 0 Å². The number of aromatic nitrogens is 1. The molecule has 130 valence electrons. The first-order valence-electron chi connectivity index (χ1n) is 8.55. The Morgan fingerprint density at radius 1 is 1.00 bits per heavy atom. The smallest absolute Gasteiger partial charge is 0.325 e. The third kappa shape index (κ3) is 6.18. The fourth-order valence-electron chi connectivity index (χ4n) is 2.72. The van der Waals surface area contributed by atoms with E-state index < -0.39 is 0 Å². The van der Waals surface area contributed by atoms with Crippen LogP contribution in [0.4, 0.5) is 10.6 Å². The van der Waals surface area contributed by atoms with Gasteiger partial charge in [0, 0.05) is 32.9 Å². The lowest BCUT2D eigenvalue weighted by Crippen LogP contribution is -2.44. The molecule has 0 saturated carbocycles. The molecular weight excluding hydrogens is 288 g/mol. The van der Waals surface area contributed by atoms with E-state index in [1.54, 1.807) is 23.9 Å². The van der Waals surface area contributed by atoms with Gasteiger partial charge in [0.05, 0.1) is 0 Å². The number of amides is 2. The van der Waals surface area contributed by atoms with Gasteiger partial charge in [0.25, 0.3) is 0 Å². The van der Waals surface area contributed by atoms with Gasteiger partial charge in [-0.25, -0.2) is 9.78 Å². The quantitative estimate of drug-likeness (QED) is 0.738. The highest BCUT2D eigenvalue weighted by molar-refractivity contribution is 5.90. The largest absolute Gasteiger partial charge is 0.330 e. The summed E-state index contributed by atoms with van der Waals surface area (Å²) < 4.78 is 0. The molecule has 0 aliphatic rings. The lowest BCUT2D eigenvalue weighted by molar-refractivity contribution is 0.220. The van der Waals surface area contributed by atoms with Crippen molar-refractivity contribution in [3.05, 3.63) is 23.4 Å². The molecule has 1 aromatic heterocycles. The molecule has 0 bridgehead atoms. The molecule has 23 heavy (non-hydrogen) atoms. The number of hydrogen-bond acceptors (Lipinski definition) is 3. The van der Waals surface area contributed by atoms with Crippen LogP contribution in [0.25, 0.3) is 0 Å². The molecular formula is C18H32N4O. The van der Waals surface area contributed by atoms with Crippen LogP contribution in [0.15, 0.2) is 12.1 Å². The Morgan fingerprint density at radius 2 is 1.61 bits per heavy atom. The summed E-state index contributed by atoms with van der Waals surface area (Å²) in [5.41, 5.74) is 2.07. The van der Waals surface area contributed by atoms with Gasteiger partial charge in [-0.2, -0.15) is 0 Å². The maximum absolute atomic E-state index is 12.6. The highest BCUT2D eigenvalue weighted by atomic mass is 16.2. The van der Waals surface area contributed by atoms with E-state index in [0.717, 1.165) is 49.6 Å². The van der Waals surface area contributed by atoms with E-state index in [1.807, 2.05) is 26.0 Å². The van der Waals surface area contributed by atoms with E-state index in [0.29, 0.717) is 6.54 Å². The molecule has 0 atom stereocenters. The Bertz CT molecular complexity index is 476. The molecule has 1 heterocycles. The third-order valence-corrected chi connectivity index (χ3v) is 3.69. The van der Waals surface area contributed by atoms with Gasteiger partial charge >= 0.3 is 6.03 Å². The van der Waals surface area contributed by atoms with Gasteiger partial charge in [0.15, 0.2) is 0 Å². The number of carbonyl (C=O) groups excluding carboxylic acids is 1. The summed E-state index contributed by atoms with van der Waals surface area (Å²) >= 11 is 0. The van der Waals surface area contributed by atoms with Gasteiger partial charge in [0.1, 0.15) is 5.82 Å². The topological polar surface area (TPSA) is 39.7 Å². The van der Waals surface area contributed by atoms with Crippen molar-refractivity contribution in [2.24, 2.45) is 0 Å². The molecule has 0 saturated heterocycles. The van der Waals surface area contributed by atoms with E-state index in [1.165, 1.54) is 0 Å². The van der Waals surface area contributed by atoms with Crippen LogP contribution in [0.2, 0.25) is 0 Å². The minimum absolute atomic E-state index is 0.0181. The first-order valence-corrected chi connectivity index (χ1v) is 8.55. The molecule has 1 rings (SSSR count). The number of urea groups is 1. The number of carbonyl (C=O) groups is 1. The average Bonchev–Trinajstić information content (AvgIpc) is 2.46. The molecule has 2 amide bonds. The lowest BCUT2D eigenvalue weighted by atomic mass is 10.2. The Kier molecular flexibility index (Phi) is 8.03. The Hall–Kier alpha value is -1.62. The van der Waals surface area contributed by atoms with E-state index in [2.05, 4.69) is 23.7 Å². The fourth-order valence-corrected chi connectivity index (χ4v) is 2.72. The SMILES string of the molecule is CCCN(CCC)CCN(C(=O)N(C)C)c1cc(C)cc(C)n1. The number of pyridine rings is 1. The number of aryl methyl sites for hydroxylation is 2. The summed E-state index contributed by atoms with van der Waals surface area (Å²) in [7, 11) is 3.57. The molecule has 0 N–H and O–H groups in total. The van der Waals surface area contributed by atoms with Gasteiger partial charge in [-0.05, 0) is 57.5 Å².